The van der Waals surface area contributed by atoms with Gasteiger partial charge < -0.3 is 5.11 Å². The van der Waals surface area contributed by atoms with Crippen LogP contribution in [0.5, 0.6) is 0 Å². The molecule has 4 heteroatoms. The van der Waals surface area contributed by atoms with E-state index in [1.807, 2.05) is 19.9 Å². The lowest BCUT2D eigenvalue weighted by atomic mass is 10.3. The summed E-state index contributed by atoms with van der Waals surface area (Å²) in [6.07, 6.45) is 1.57. The van der Waals surface area contributed by atoms with E-state index in [0.717, 1.165) is 10.6 Å². The van der Waals surface area contributed by atoms with Crippen molar-refractivity contribution in [2.75, 3.05) is 6.61 Å². The lowest BCUT2D eigenvalue weighted by molar-refractivity contribution is 0.300. The van der Waals surface area contributed by atoms with E-state index in [4.69, 9.17) is 10.4 Å². The van der Waals surface area contributed by atoms with Crippen molar-refractivity contribution in [2.24, 2.45) is 0 Å². The summed E-state index contributed by atoms with van der Waals surface area (Å²) in [5.74, 6) is 0. The summed E-state index contributed by atoms with van der Waals surface area (Å²) in [6.45, 7) is 3.91. The van der Waals surface area contributed by atoms with Crippen LogP contribution in [0.25, 0.3) is 0 Å². The van der Waals surface area contributed by atoms with E-state index in [0.29, 0.717) is 5.56 Å². The molecule has 1 atom stereocenters. The Morgan fingerprint density at radius 3 is 3.00 bits per heavy atom. The fraction of sp³-hybridized carbons (Fsp3) is 0.400. The number of nitrogens with zero attached hydrogens (tertiary/aromatic N) is 2. The number of nitriles is 1. The van der Waals surface area contributed by atoms with Gasteiger partial charge in [0, 0.05) is 22.0 Å². The summed E-state index contributed by atoms with van der Waals surface area (Å²) in [4.78, 5) is 4.94. The van der Waals surface area contributed by atoms with Gasteiger partial charge in [-0.25, -0.2) is 0 Å². The molecule has 0 fully saturated rings. The molecule has 0 saturated heterocycles. The lowest BCUT2D eigenvalue weighted by Gasteiger charge is -2.08. The van der Waals surface area contributed by atoms with Crippen molar-refractivity contribution in [1.29, 1.82) is 5.26 Å². The third kappa shape index (κ3) is 2.72. The Kier molecular flexibility index (Phi) is 3.93. The maximum atomic E-state index is 8.91. The lowest BCUT2D eigenvalue weighted by Crippen LogP contribution is -2.02. The molecule has 0 amide bonds. The van der Waals surface area contributed by atoms with Gasteiger partial charge in [0.05, 0.1) is 12.2 Å². The second-order valence-electron chi connectivity index (χ2n) is 3.04. The van der Waals surface area contributed by atoms with Gasteiger partial charge in [-0.15, -0.1) is 11.8 Å². The SMILES string of the molecule is Cc1cc(SC(C)CO)c(C#N)cn1. The van der Waals surface area contributed by atoms with Crippen molar-refractivity contribution in [3.8, 4) is 6.07 Å². The fourth-order valence-electron chi connectivity index (χ4n) is 0.970. The number of rotatable bonds is 3. The van der Waals surface area contributed by atoms with Crippen LogP contribution in [0.4, 0.5) is 0 Å². The maximum Gasteiger partial charge on any atom is 0.102 e. The van der Waals surface area contributed by atoms with E-state index in [9.17, 15) is 0 Å². The van der Waals surface area contributed by atoms with E-state index in [1.165, 1.54) is 11.8 Å². The highest BCUT2D eigenvalue weighted by Gasteiger charge is 2.08. The molecule has 0 aliphatic carbocycles. The molecular weight excluding hydrogens is 196 g/mol. The predicted molar refractivity (Wildman–Crippen MR) is 56.1 cm³/mol. The zero-order valence-corrected chi connectivity index (χ0v) is 9.01. The van der Waals surface area contributed by atoms with Crippen molar-refractivity contribution in [2.45, 2.75) is 24.0 Å². The number of aliphatic hydroxyl groups is 1. The van der Waals surface area contributed by atoms with Crippen molar-refractivity contribution in [3.05, 3.63) is 23.5 Å². The van der Waals surface area contributed by atoms with Crippen molar-refractivity contribution < 1.29 is 5.11 Å². The molecular formula is C10H12N2OS. The van der Waals surface area contributed by atoms with Gasteiger partial charge in [-0.2, -0.15) is 5.26 Å². The molecule has 0 aromatic carbocycles. The van der Waals surface area contributed by atoms with Gasteiger partial charge in [0.15, 0.2) is 0 Å². The second-order valence-corrected chi connectivity index (χ2v) is 4.52. The number of hydrogen-bond donors (Lipinski definition) is 1. The van der Waals surface area contributed by atoms with Crippen molar-refractivity contribution in [3.63, 3.8) is 0 Å². The highest BCUT2D eigenvalue weighted by molar-refractivity contribution is 8.00. The van der Waals surface area contributed by atoms with Gasteiger partial charge in [0.1, 0.15) is 6.07 Å². The van der Waals surface area contributed by atoms with Crippen LogP contribution in [0.3, 0.4) is 0 Å². The molecule has 1 rings (SSSR count). The van der Waals surface area contributed by atoms with Crippen LogP contribution in [-0.2, 0) is 0 Å². The quantitative estimate of drug-likeness (QED) is 0.769. The van der Waals surface area contributed by atoms with Crippen molar-refractivity contribution >= 4 is 11.8 Å². The molecule has 0 aliphatic heterocycles. The smallest absolute Gasteiger partial charge is 0.102 e. The van der Waals surface area contributed by atoms with Crippen LogP contribution in [0.2, 0.25) is 0 Å². The Labute approximate surface area is 87.8 Å². The second kappa shape index (κ2) is 4.99. The molecule has 0 saturated carbocycles. The van der Waals surface area contributed by atoms with Gasteiger partial charge >= 0.3 is 0 Å². The minimum atomic E-state index is 0.101. The fourth-order valence-corrected chi connectivity index (χ4v) is 1.94. The van der Waals surface area contributed by atoms with Gasteiger partial charge in [-0.3, -0.25) is 4.98 Å². The van der Waals surface area contributed by atoms with Crippen LogP contribution < -0.4 is 0 Å². The Morgan fingerprint density at radius 2 is 2.43 bits per heavy atom. The first-order valence-electron chi connectivity index (χ1n) is 4.31. The third-order valence-electron chi connectivity index (χ3n) is 1.71. The Balaban J connectivity index is 2.94. The van der Waals surface area contributed by atoms with Crippen LogP contribution in [0.15, 0.2) is 17.2 Å². The topological polar surface area (TPSA) is 56.9 Å². The summed E-state index contributed by atoms with van der Waals surface area (Å²) >= 11 is 1.50. The van der Waals surface area contributed by atoms with Gasteiger partial charge in [-0.05, 0) is 13.0 Å². The number of thioether (sulfide) groups is 1. The van der Waals surface area contributed by atoms with E-state index >= 15 is 0 Å². The third-order valence-corrected chi connectivity index (χ3v) is 2.85. The van der Waals surface area contributed by atoms with Gasteiger partial charge in [-0.1, -0.05) is 6.92 Å². The minimum absolute atomic E-state index is 0.101. The van der Waals surface area contributed by atoms with Crippen LogP contribution in [0.1, 0.15) is 18.2 Å². The Bertz CT molecular complexity index is 360. The van der Waals surface area contributed by atoms with Crippen LogP contribution in [-0.4, -0.2) is 21.9 Å². The van der Waals surface area contributed by atoms with Crippen LogP contribution >= 0.6 is 11.8 Å². The molecule has 1 aromatic heterocycles. The highest BCUT2D eigenvalue weighted by atomic mass is 32.2. The Morgan fingerprint density at radius 1 is 1.71 bits per heavy atom. The molecule has 1 heterocycles. The number of aromatic nitrogens is 1. The van der Waals surface area contributed by atoms with E-state index in [1.54, 1.807) is 6.20 Å². The molecule has 3 nitrogen and oxygen atoms in total. The zero-order chi connectivity index (χ0) is 10.6. The number of hydrogen-bond acceptors (Lipinski definition) is 4. The van der Waals surface area contributed by atoms with E-state index in [-0.39, 0.29) is 11.9 Å². The molecule has 0 aliphatic rings. The maximum absolute atomic E-state index is 8.91. The normalized spacial score (nSPS) is 12.1. The molecule has 74 valence electrons. The number of pyridine rings is 1. The zero-order valence-electron chi connectivity index (χ0n) is 8.19. The monoisotopic (exact) mass is 208 g/mol. The molecule has 0 radical (unpaired) electrons. The van der Waals surface area contributed by atoms with Crippen molar-refractivity contribution in [1.82, 2.24) is 4.98 Å². The molecule has 1 aromatic rings. The average molecular weight is 208 g/mol. The molecule has 0 bridgehead atoms. The Hall–Kier alpha value is -1.05. The first-order chi connectivity index (χ1) is 6.67. The molecule has 14 heavy (non-hydrogen) atoms. The minimum Gasteiger partial charge on any atom is -0.395 e. The first kappa shape index (κ1) is 11.0. The summed E-state index contributed by atoms with van der Waals surface area (Å²) in [5.41, 5.74) is 1.46. The molecule has 0 spiro atoms. The predicted octanol–water partition coefficient (Wildman–Crippen LogP) is 1.73. The van der Waals surface area contributed by atoms with Crippen LogP contribution in [0, 0.1) is 18.3 Å². The van der Waals surface area contributed by atoms with E-state index in [2.05, 4.69) is 11.1 Å². The standard InChI is InChI=1S/C10H12N2OS/c1-7-3-10(14-8(2)6-13)9(4-11)5-12-7/h3,5,8,13H,6H2,1-2H3. The van der Waals surface area contributed by atoms with Gasteiger partial charge in [0.2, 0.25) is 0 Å². The summed E-state index contributed by atoms with van der Waals surface area (Å²) in [5, 5.41) is 17.8. The summed E-state index contributed by atoms with van der Waals surface area (Å²) in [7, 11) is 0. The summed E-state index contributed by atoms with van der Waals surface area (Å²) < 4.78 is 0. The largest absolute Gasteiger partial charge is 0.395 e. The summed E-state index contributed by atoms with van der Waals surface area (Å²) in [6, 6.07) is 3.96. The molecule has 1 N–H and O–H groups in total. The highest BCUT2D eigenvalue weighted by Crippen LogP contribution is 2.26. The van der Waals surface area contributed by atoms with Gasteiger partial charge in [0.25, 0.3) is 0 Å². The molecule has 1 unspecified atom stereocenters. The number of aryl methyl sites for hydroxylation is 1. The number of aliphatic hydroxyl groups excluding tert-OH is 1. The average Bonchev–Trinajstić information content (AvgIpc) is 2.18. The van der Waals surface area contributed by atoms with E-state index < -0.39 is 0 Å². The first-order valence-corrected chi connectivity index (χ1v) is 5.19.